The molecule has 1 heterocycles. The number of amides is 1. The summed E-state index contributed by atoms with van der Waals surface area (Å²) in [7, 11) is -3.64. The van der Waals surface area contributed by atoms with Gasteiger partial charge in [-0.3, -0.25) is 9.52 Å². The minimum Gasteiger partial charge on any atom is -0.311 e. The Labute approximate surface area is 151 Å². The molecule has 7 nitrogen and oxygen atoms in total. The molecule has 0 saturated heterocycles. The van der Waals surface area contributed by atoms with Gasteiger partial charge < -0.3 is 5.32 Å². The second-order valence-electron chi connectivity index (χ2n) is 5.73. The highest BCUT2D eigenvalue weighted by atomic mass is 32.2. The van der Waals surface area contributed by atoms with Crippen LogP contribution in [0.1, 0.15) is 12.6 Å². The lowest BCUT2D eigenvalue weighted by Crippen LogP contribution is -2.13. The molecule has 0 unspecified atom stereocenters. The van der Waals surface area contributed by atoms with Crippen LogP contribution in [0.5, 0.6) is 0 Å². The van der Waals surface area contributed by atoms with Crippen molar-refractivity contribution in [2.45, 2.75) is 18.7 Å². The number of carbonyl (C=O) groups excluding carboxylic acids is 1. The van der Waals surface area contributed by atoms with E-state index in [1.807, 2.05) is 6.92 Å². The van der Waals surface area contributed by atoms with E-state index >= 15 is 0 Å². The topological polar surface area (TPSA) is 93.1 Å². The quantitative estimate of drug-likeness (QED) is 0.722. The van der Waals surface area contributed by atoms with Gasteiger partial charge in [-0.1, -0.05) is 18.2 Å². The number of rotatable bonds is 5. The number of hydrogen-bond donors (Lipinski definition) is 2. The molecule has 26 heavy (non-hydrogen) atoms. The predicted octanol–water partition coefficient (Wildman–Crippen LogP) is 2.94. The SMILES string of the molecule is CC(=O)Nc1cc(C)nn1-c1ccc(NS(=O)(=O)c2ccccc2)cc1. The van der Waals surface area contributed by atoms with Gasteiger partial charge in [0.25, 0.3) is 10.0 Å². The van der Waals surface area contributed by atoms with E-state index in [4.69, 9.17) is 0 Å². The Balaban J connectivity index is 1.85. The molecule has 3 rings (SSSR count). The summed E-state index contributed by atoms with van der Waals surface area (Å²) in [5, 5.41) is 7.07. The smallest absolute Gasteiger partial charge is 0.261 e. The van der Waals surface area contributed by atoms with Gasteiger partial charge in [-0.25, -0.2) is 13.1 Å². The van der Waals surface area contributed by atoms with Crippen molar-refractivity contribution in [2.75, 3.05) is 10.0 Å². The predicted molar refractivity (Wildman–Crippen MR) is 99.9 cm³/mol. The van der Waals surface area contributed by atoms with Crippen molar-refractivity contribution in [3.05, 3.63) is 66.4 Å². The molecule has 0 atom stereocenters. The van der Waals surface area contributed by atoms with E-state index < -0.39 is 10.0 Å². The zero-order valence-corrected chi connectivity index (χ0v) is 15.1. The van der Waals surface area contributed by atoms with E-state index in [0.29, 0.717) is 17.2 Å². The molecule has 0 spiro atoms. The third-order valence-electron chi connectivity index (χ3n) is 3.55. The van der Waals surface area contributed by atoms with Gasteiger partial charge in [0.1, 0.15) is 5.82 Å². The number of nitrogens with zero attached hydrogens (tertiary/aromatic N) is 2. The highest BCUT2D eigenvalue weighted by Crippen LogP contribution is 2.21. The van der Waals surface area contributed by atoms with Gasteiger partial charge in [-0.15, -0.1) is 0 Å². The summed E-state index contributed by atoms with van der Waals surface area (Å²) >= 11 is 0. The summed E-state index contributed by atoms with van der Waals surface area (Å²) in [5.74, 6) is 0.353. The molecule has 1 amide bonds. The molecule has 0 radical (unpaired) electrons. The number of sulfonamides is 1. The van der Waals surface area contributed by atoms with Gasteiger partial charge in [0.15, 0.2) is 0 Å². The van der Waals surface area contributed by atoms with E-state index in [-0.39, 0.29) is 10.8 Å². The summed E-state index contributed by atoms with van der Waals surface area (Å²) in [5.41, 5.74) is 1.88. The monoisotopic (exact) mass is 370 g/mol. The number of aromatic nitrogens is 2. The first-order valence-electron chi connectivity index (χ1n) is 7.88. The number of hydrogen-bond acceptors (Lipinski definition) is 4. The fraction of sp³-hybridized carbons (Fsp3) is 0.111. The van der Waals surface area contributed by atoms with Crippen molar-refractivity contribution in [3.8, 4) is 5.69 Å². The lowest BCUT2D eigenvalue weighted by Gasteiger charge is -2.10. The van der Waals surface area contributed by atoms with Crippen molar-refractivity contribution >= 4 is 27.4 Å². The van der Waals surface area contributed by atoms with Crippen LogP contribution in [0.3, 0.4) is 0 Å². The molecule has 0 aliphatic carbocycles. The van der Waals surface area contributed by atoms with E-state index in [1.54, 1.807) is 53.2 Å². The molecule has 1 aromatic heterocycles. The van der Waals surface area contributed by atoms with Gasteiger partial charge in [-0.2, -0.15) is 5.10 Å². The van der Waals surface area contributed by atoms with Gasteiger partial charge in [-0.05, 0) is 43.3 Å². The zero-order chi connectivity index (χ0) is 18.7. The minimum atomic E-state index is -3.64. The fourth-order valence-electron chi connectivity index (χ4n) is 2.45. The Morgan fingerprint density at radius 3 is 2.31 bits per heavy atom. The van der Waals surface area contributed by atoms with Crippen molar-refractivity contribution in [2.24, 2.45) is 0 Å². The van der Waals surface area contributed by atoms with Crippen LogP contribution in [0.15, 0.2) is 65.6 Å². The molecular formula is C18H18N4O3S. The summed E-state index contributed by atoms with van der Waals surface area (Å²) in [4.78, 5) is 11.5. The van der Waals surface area contributed by atoms with E-state index in [9.17, 15) is 13.2 Å². The number of nitrogens with one attached hydrogen (secondary N) is 2. The van der Waals surface area contributed by atoms with Crippen LogP contribution in [0, 0.1) is 6.92 Å². The molecular weight excluding hydrogens is 352 g/mol. The van der Waals surface area contributed by atoms with E-state index in [0.717, 1.165) is 5.69 Å². The van der Waals surface area contributed by atoms with E-state index in [1.165, 1.54) is 19.1 Å². The maximum atomic E-state index is 12.4. The molecule has 0 aliphatic heterocycles. The van der Waals surface area contributed by atoms with Crippen LogP contribution >= 0.6 is 0 Å². The Bertz CT molecular complexity index is 1030. The minimum absolute atomic E-state index is 0.194. The molecule has 3 aromatic rings. The third-order valence-corrected chi connectivity index (χ3v) is 4.95. The number of carbonyl (C=O) groups is 1. The second-order valence-corrected chi connectivity index (χ2v) is 7.41. The molecule has 0 saturated carbocycles. The average molecular weight is 370 g/mol. The molecule has 8 heteroatoms. The van der Waals surface area contributed by atoms with E-state index in [2.05, 4.69) is 15.1 Å². The number of aryl methyl sites for hydroxylation is 1. The normalized spacial score (nSPS) is 11.2. The first kappa shape index (κ1) is 17.7. The fourth-order valence-corrected chi connectivity index (χ4v) is 3.53. The Kier molecular flexibility index (Phi) is 4.77. The second kappa shape index (κ2) is 7.01. The van der Waals surface area contributed by atoms with Crippen LogP contribution in [0.25, 0.3) is 5.69 Å². The van der Waals surface area contributed by atoms with Crippen molar-refractivity contribution in [1.82, 2.24) is 9.78 Å². The Morgan fingerprint density at radius 2 is 1.69 bits per heavy atom. The highest BCUT2D eigenvalue weighted by Gasteiger charge is 2.14. The standard InChI is InChI=1S/C18H18N4O3S/c1-13-12-18(19-14(2)23)22(20-13)16-10-8-15(9-11-16)21-26(24,25)17-6-4-3-5-7-17/h3-12,21H,1-2H3,(H,19,23). The lowest BCUT2D eigenvalue weighted by atomic mass is 10.3. The van der Waals surface area contributed by atoms with Gasteiger partial charge in [0, 0.05) is 18.7 Å². The summed E-state index contributed by atoms with van der Waals surface area (Å²) < 4.78 is 28.8. The van der Waals surface area contributed by atoms with Gasteiger partial charge >= 0.3 is 0 Å². The van der Waals surface area contributed by atoms with Crippen molar-refractivity contribution < 1.29 is 13.2 Å². The average Bonchev–Trinajstić information content (AvgIpc) is 2.95. The number of anilines is 2. The van der Waals surface area contributed by atoms with Crippen LogP contribution in [-0.4, -0.2) is 24.1 Å². The maximum Gasteiger partial charge on any atom is 0.261 e. The first-order valence-corrected chi connectivity index (χ1v) is 9.36. The maximum absolute atomic E-state index is 12.4. The molecule has 134 valence electrons. The van der Waals surface area contributed by atoms with Crippen molar-refractivity contribution in [3.63, 3.8) is 0 Å². The third kappa shape index (κ3) is 3.92. The first-order chi connectivity index (χ1) is 12.3. The van der Waals surface area contributed by atoms with Crippen LogP contribution in [-0.2, 0) is 14.8 Å². The van der Waals surface area contributed by atoms with Gasteiger partial charge in [0.2, 0.25) is 5.91 Å². The van der Waals surface area contributed by atoms with Gasteiger partial charge in [0.05, 0.1) is 16.3 Å². The summed E-state index contributed by atoms with van der Waals surface area (Å²) in [6.45, 7) is 3.25. The van der Waals surface area contributed by atoms with Crippen LogP contribution in [0.2, 0.25) is 0 Å². The van der Waals surface area contributed by atoms with Crippen LogP contribution < -0.4 is 10.0 Å². The van der Waals surface area contributed by atoms with Crippen molar-refractivity contribution in [1.29, 1.82) is 0 Å². The molecule has 2 N–H and O–H groups in total. The Hall–Kier alpha value is -3.13. The van der Waals surface area contributed by atoms with Crippen LogP contribution in [0.4, 0.5) is 11.5 Å². The molecule has 0 aliphatic rings. The summed E-state index contributed by atoms with van der Waals surface area (Å²) in [6, 6.07) is 16.6. The Morgan fingerprint density at radius 1 is 1.04 bits per heavy atom. The molecule has 0 bridgehead atoms. The zero-order valence-electron chi connectivity index (χ0n) is 14.3. The molecule has 0 fully saturated rings. The number of benzene rings is 2. The highest BCUT2D eigenvalue weighted by molar-refractivity contribution is 7.92. The molecule has 2 aromatic carbocycles. The lowest BCUT2D eigenvalue weighted by molar-refractivity contribution is -0.114. The largest absolute Gasteiger partial charge is 0.311 e. The summed E-state index contributed by atoms with van der Waals surface area (Å²) in [6.07, 6.45) is 0.